The number of aliphatic hydroxyl groups excluding tert-OH is 2. The second-order valence-electron chi connectivity index (χ2n) is 4.15. The van der Waals surface area contributed by atoms with Crippen LogP contribution in [0.4, 0.5) is 0 Å². The van der Waals surface area contributed by atoms with Crippen LogP contribution in [0.25, 0.3) is 0 Å². The van der Waals surface area contributed by atoms with Gasteiger partial charge in [-0.05, 0) is 0 Å². The Morgan fingerprint density at radius 2 is 2.33 bits per heavy atom. The summed E-state index contributed by atoms with van der Waals surface area (Å²) < 4.78 is 5.07. The fourth-order valence-electron chi connectivity index (χ4n) is 2.43. The van der Waals surface area contributed by atoms with E-state index < -0.39 is 12.1 Å². The molecule has 15 heavy (non-hydrogen) atoms. The van der Waals surface area contributed by atoms with Gasteiger partial charge >= 0.3 is 5.97 Å². The smallest absolute Gasteiger partial charge is 0.306 e. The van der Waals surface area contributed by atoms with Crippen LogP contribution in [-0.4, -0.2) is 42.2 Å². The molecule has 2 rings (SSSR count). The van der Waals surface area contributed by atoms with Crippen LogP contribution in [0.3, 0.4) is 0 Å². The molecule has 1 heterocycles. The van der Waals surface area contributed by atoms with Crippen LogP contribution in [0.5, 0.6) is 0 Å². The van der Waals surface area contributed by atoms with E-state index in [1.165, 1.54) is 6.08 Å². The summed E-state index contributed by atoms with van der Waals surface area (Å²) in [5.41, 5.74) is 0. The van der Waals surface area contributed by atoms with E-state index in [9.17, 15) is 9.90 Å². The third-order valence-electron chi connectivity index (χ3n) is 3.11. The Bertz CT molecular complexity index is 289. The van der Waals surface area contributed by atoms with Gasteiger partial charge in [0.25, 0.3) is 0 Å². The van der Waals surface area contributed by atoms with Crippen LogP contribution in [0.1, 0.15) is 12.8 Å². The number of hydrogen-bond acceptors (Lipinski definition) is 4. The van der Waals surface area contributed by atoms with E-state index >= 15 is 0 Å². The number of fused-ring (bicyclic) bond motifs is 1. The van der Waals surface area contributed by atoms with E-state index in [4.69, 9.17) is 17.7 Å². The minimum Gasteiger partial charge on any atom is -0.462 e. The predicted octanol–water partition coefficient (Wildman–Crippen LogP) is -0.658. The molecule has 0 amide bonds. The number of hydrogen-bond donors (Lipinski definition) is 2. The zero-order valence-electron chi connectivity index (χ0n) is 8.24. The molecule has 0 aromatic carbocycles. The largest absolute Gasteiger partial charge is 0.462 e. The third-order valence-corrected chi connectivity index (χ3v) is 3.11. The van der Waals surface area contributed by atoms with Crippen LogP contribution < -0.4 is 0 Å². The van der Waals surface area contributed by atoms with Gasteiger partial charge < -0.3 is 14.9 Å². The van der Waals surface area contributed by atoms with Crippen molar-refractivity contribution in [2.45, 2.75) is 31.1 Å². The maximum absolute atomic E-state index is 11.0. The van der Waals surface area contributed by atoms with Crippen molar-refractivity contribution in [2.24, 2.45) is 11.8 Å². The maximum Gasteiger partial charge on any atom is 0.306 e. The molecule has 0 bridgehead atoms. The van der Waals surface area contributed by atoms with Crippen molar-refractivity contribution in [2.75, 3.05) is 0 Å². The van der Waals surface area contributed by atoms with Gasteiger partial charge in [-0.15, -0.1) is 0 Å². The molecular formula is C10H13BO4. The Kier molecular flexibility index (Phi) is 2.84. The van der Waals surface area contributed by atoms with Gasteiger partial charge in [-0.3, -0.25) is 4.79 Å². The number of carbonyl (C=O) groups is 1. The van der Waals surface area contributed by atoms with Gasteiger partial charge in [-0.25, -0.2) is 0 Å². The van der Waals surface area contributed by atoms with E-state index in [2.05, 4.69) is 0 Å². The minimum atomic E-state index is -1.02. The van der Waals surface area contributed by atoms with Crippen LogP contribution in [-0.2, 0) is 9.53 Å². The highest BCUT2D eigenvalue weighted by molar-refractivity contribution is 6.12. The van der Waals surface area contributed by atoms with Gasteiger partial charge in [-0.1, -0.05) is 12.2 Å². The molecule has 80 valence electrons. The van der Waals surface area contributed by atoms with Gasteiger partial charge in [0, 0.05) is 24.3 Å². The normalized spacial score (nSPS) is 41.9. The molecule has 0 aromatic rings. The first-order chi connectivity index (χ1) is 7.08. The molecule has 1 unspecified atom stereocenters. The fourth-order valence-corrected chi connectivity index (χ4v) is 2.43. The highest BCUT2D eigenvalue weighted by Crippen LogP contribution is 2.41. The number of carbonyl (C=O) groups excluding carboxylic acids is 1. The van der Waals surface area contributed by atoms with Crippen molar-refractivity contribution >= 4 is 13.8 Å². The first kappa shape index (κ1) is 10.7. The summed E-state index contributed by atoms with van der Waals surface area (Å²) in [5.74, 6) is -0.314. The summed E-state index contributed by atoms with van der Waals surface area (Å²) >= 11 is 0. The average Bonchev–Trinajstić information content (AvgIpc) is 2.57. The van der Waals surface area contributed by atoms with E-state index in [0.29, 0.717) is 12.8 Å². The first-order valence-corrected chi connectivity index (χ1v) is 5.07. The lowest BCUT2D eigenvalue weighted by Gasteiger charge is -2.14. The second-order valence-corrected chi connectivity index (χ2v) is 4.15. The Labute approximate surface area is 89.3 Å². The summed E-state index contributed by atoms with van der Waals surface area (Å²) in [6, 6.07) is -1.02. The number of ether oxygens (including phenoxy) is 1. The van der Waals surface area contributed by atoms with Gasteiger partial charge in [0.2, 0.25) is 0 Å². The zero-order valence-corrected chi connectivity index (χ0v) is 8.24. The Morgan fingerprint density at radius 3 is 3.00 bits per heavy atom. The SMILES string of the molecule is [B]C(O)C=C[C@@H]1[C@H]2CC(=O)O[C@H]2C[C@H]1O. The molecule has 2 radical (unpaired) electrons. The van der Waals surface area contributed by atoms with Crippen molar-refractivity contribution in [3.63, 3.8) is 0 Å². The van der Waals surface area contributed by atoms with E-state index in [1.54, 1.807) is 6.08 Å². The lowest BCUT2D eigenvalue weighted by atomic mass is 9.90. The van der Waals surface area contributed by atoms with Crippen molar-refractivity contribution in [1.82, 2.24) is 0 Å². The van der Waals surface area contributed by atoms with Gasteiger partial charge in [0.05, 0.1) is 12.5 Å². The van der Waals surface area contributed by atoms with Crippen molar-refractivity contribution in [1.29, 1.82) is 0 Å². The third kappa shape index (κ3) is 2.08. The molecule has 1 aliphatic heterocycles. The van der Waals surface area contributed by atoms with Gasteiger partial charge in [0.1, 0.15) is 14.0 Å². The highest BCUT2D eigenvalue weighted by Gasteiger charge is 2.48. The van der Waals surface area contributed by atoms with Crippen molar-refractivity contribution in [3.8, 4) is 0 Å². The molecule has 2 N–H and O–H groups in total. The lowest BCUT2D eigenvalue weighted by Crippen LogP contribution is -2.18. The van der Waals surface area contributed by atoms with E-state index in [1.807, 2.05) is 0 Å². The topological polar surface area (TPSA) is 66.8 Å². The number of rotatable bonds is 2. The number of aliphatic hydroxyl groups is 2. The lowest BCUT2D eigenvalue weighted by molar-refractivity contribution is -0.141. The predicted molar refractivity (Wildman–Crippen MR) is 53.0 cm³/mol. The molecule has 1 saturated carbocycles. The molecule has 0 spiro atoms. The van der Waals surface area contributed by atoms with E-state index in [0.717, 1.165) is 0 Å². The summed E-state index contributed by atoms with van der Waals surface area (Å²) in [6.07, 6.45) is 3.25. The second kappa shape index (κ2) is 3.98. The highest BCUT2D eigenvalue weighted by atomic mass is 16.6. The minimum absolute atomic E-state index is 0.0301. The molecule has 1 aliphatic carbocycles. The molecule has 1 saturated heterocycles. The Morgan fingerprint density at radius 1 is 1.60 bits per heavy atom. The zero-order chi connectivity index (χ0) is 11.0. The molecule has 2 aliphatic rings. The fraction of sp³-hybridized carbons (Fsp3) is 0.700. The molecule has 2 fully saturated rings. The van der Waals surface area contributed by atoms with Crippen LogP contribution in [0.2, 0.25) is 0 Å². The summed E-state index contributed by atoms with van der Waals surface area (Å²) in [5, 5.41) is 18.6. The first-order valence-electron chi connectivity index (χ1n) is 5.07. The van der Waals surface area contributed by atoms with Crippen molar-refractivity contribution in [3.05, 3.63) is 12.2 Å². The summed E-state index contributed by atoms with van der Waals surface area (Å²) in [4.78, 5) is 11.0. The molecule has 4 nitrogen and oxygen atoms in total. The average molecular weight is 208 g/mol. The van der Waals surface area contributed by atoms with Gasteiger partial charge in [0.15, 0.2) is 0 Å². The monoisotopic (exact) mass is 208 g/mol. The number of esters is 1. The Balaban J connectivity index is 2.07. The molecule has 5 atom stereocenters. The standard InChI is InChI=1S/C10H13BO4/c11-9(13)2-1-5-6-3-10(14)15-8(6)4-7(5)12/h1-2,5-9,12-13H,3-4H2/t5-,6-,7-,8+,9?/m1/s1. The van der Waals surface area contributed by atoms with Crippen LogP contribution in [0.15, 0.2) is 12.2 Å². The Hall–Kier alpha value is -0.805. The van der Waals surface area contributed by atoms with Crippen LogP contribution >= 0.6 is 0 Å². The summed E-state index contributed by atoms with van der Waals surface area (Å²) in [7, 11) is 5.17. The molecule has 0 aromatic heterocycles. The maximum atomic E-state index is 11.0. The summed E-state index contributed by atoms with van der Waals surface area (Å²) in [6.45, 7) is 0. The molecular weight excluding hydrogens is 195 g/mol. The molecule has 5 heteroatoms. The van der Waals surface area contributed by atoms with Crippen molar-refractivity contribution < 1.29 is 19.7 Å². The van der Waals surface area contributed by atoms with E-state index in [-0.39, 0.29) is 23.9 Å². The van der Waals surface area contributed by atoms with Crippen LogP contribution in [0, 0.1) is 11.8 Å². The quantitative estimate of drug-likeness (QED) is 0.359. The van der Waals surface area contributed by atoms with Gasteiger partial charge in [-0.2, -0.15) is 0 Å².